The van der Waals surface area contributed by atoms with E-state index in [-0.39, 0.29) is 0 Å². The van der Waals surface area contributed by atoms with Gasteiger partial charge in [0, 0.05) is 43.7 Å². The fourth-order valence-corrected chi connectivity index (χ4v) is 8.74. The lowest BCUT2D eigenvalue weighted by Gasteiger charge is -2.14. The smallest absolute Gasteiger partial charge is 0.101 e. The summed E-state index contributed by atoms with van der Waals surface area (Å²) in [6, 6.07) is 66.1. The lowest BCUT2D eigenvalue weighted by atomic mass is 10.0. The first-order chi connectivity index (χ1) is 27.2. The second-order valence-corrected chi connectivity index (χ2v) is 14.0. The molecule has 0 saturated carbocycles. The Balaban J connectivity index is 1.07. The van der Waals surface area contributed by atoms with E-state index in [1.54, 1.807) is 0 Å². The Morgan fingerprint density at radius 2 is 0.818 bits per heavy atom. The molecule has 5 heteroatoms. The maximum Gasteiger partial charge on any atom is 0.101 e. The molecule has 0 amide bonds. The van der Waals surface area contributed by atoms with Crippen molar-refractivity contribution in [2.75, 3.05) is 0 Å². The fraction of sp³-hybridized carbons (Fsp3) is 0. The Morgan fingerprint density at radius 1 is 0.327 bits per heavy atom. The highest BCUT2D eigenvalue weighted by atomic mass is 15.0. The first-order valence-electron chi connectivity index (χ1n) is 18.3. The summed E-state index contributed by atoms with van der Waals surface area (Å²) in [5.41, 5.74) is 12.7. The molecule has 8 aromatic carbocycles. The monoisotopic (exact) mass is 699 g/mol. The summed E-state index contributed by atoms with van der Waals surface area (Å²) >= 11 is 0. The molecule has 0 spiro atoms. The van der Waals surface area contributed by atoms with Crippen molar-refractivity contribution in [2.45, 2.75) is 0 Å². The minimum absolute atomic E-state index is 0.565. The van der Waals surface area contributed by atoms with E-state index in [4.69, 9.17) is 0 Å². The zero-order valence-electron chi connectivity index (χ0n) is 29.5. The van der Waals surface area contributed by atoms with Crippen LogP contribution in [0.4, 0.5) is 0 Å². The molecule has 0 aliphatic rings. The number of nitrogens with zero attached hydrogens (tertiary/aromatic N) is 5. The predicted octanol–water partition coefficient (Wildman–Crippen LogP) is 12.4. The van der Waals surface area contributed by atoms with E-state index in [0.29, 0.717) is 11.1 Å². The summed E-state index contributed by atoms with van der Waals surface area (Å²) in [5.74, 6) is 0. The van der Waals surface area contributed by atoms with Gasteiger partial charge in [-0.1, -0.05) is 103 Å². The van der Waals surface area contributed by atoms with Crippen molar-refractivity contribution in [3.05, 3.63) is 187 Å². The molecule has 0 N–H and O–H groups in total. The van der Waals surface area contributed by atoms with Crippen LogP contribution < -0.4 is 0 Å². The number of aromatic nitrogens is 3. The van der Waals surface area contributed by atoms with Gasteiger partial charge in [0.15, 0.2) is 0 Å². The summed E-state index contributed by atoms with van der Waals surface area (Å²) in [5, 5.41) is 27.1. The Kier molecular flexibility index (Phi) is 6.61. The van der Waals surface area contributed by atoms with Crippen molar-refractivity contribution >= 4 is 65.4 Å². The van der Waals surface area contributed by atoms with E-state index in [9.17, 15) is 10.5 Å². The van der Waals surface area contributed by atoms with E-state index in [1.165, 1.54) is 32.6 Å². The molecule has 0 atom stereocenters. The van der Waals surface area contributed by atoms with Crippen molar-refractivity contribution in [1.29, 1.82) is 10.5 Å². The number of hydrogen-bond donors (Lipinski definition) is 0. The van der Waals surface area contributed by atoms with E-state index in [0.717, 1.165) is 61.0 Å². The Morgan fingerprint density at radius 3 is 1.44 bits per heavy atom. The van der Waals surface area contributed by atoms with Crippen LogP contribution in [0.15, 0.2) is 176 Å². The molecule has 0 aliphatic carbocycles. The largest absolute Gasteiger partial charge is 0.309 e. The SMILES string of the molecule is N#Cc1ccc(-c2ccc(-n3c4ccccc4c4ccc(-n5c6ccccc6c6ccccc65)cc43)cc2)cc1-n1c2ccccc2c2c(C#N)cccc21. The minimum Gasteiger partial charge on any atom is -0.309 e. The first kappa shape index (κ1) is 30.7. The van der Waals surface area contributed by atoms with Crippen LogP contribution in [-0.4, -0.2) is 13.7 Å². The lowest BCUT2D eigenvalue weighted by Crippen LogP contribution is -1.99. The van der Waals surface area contributed by atoms with Gasteiger partial charge >= 0.3 is 0 Å². The molecule has 0 fully saturated rings. The van der Waals surface area contributed by atoms with Crippen LogP contribution in [0.1, 0.15) is 11.1 Å². The predicted molar refractivity (Wildman–Crippen MR) is 224 cm³/mol. The normalized spacial score (nSPS) is 11.6. The van der Waals surface area contributed by atoms with Crippen LogP contribution in [-0.2, 0) is 0 Å². The molecule has 3 heterocycles. The Labute approximate surface area is 316 Å². The van der Waals surface area contributed by atoms with E-state index >= 15 is 0 Å². The number of rotatable bonds is 4. The topological polar surface area (TPSA) is 62.4 Å². The van der Waals surface area contributed by atoms with Gasteiger partial charge in [-0.15, -0.1) is 0 Å². The molecule has 0 saturated heterocycles. The summed E-state index contributed by atoms with van der Waals surface area (Å²) in [6.07, 6.45) is 0. The molecule has 11 aromatic rings. The van der Waals surface area contributed by atoms with Crippen molar-refractivity contribution in [1.82, 2.24) is 13.7 Å². The van der Waals surface area contributed by atoms with Crippen molar-refractivity contribution in [2.24, 2.45) is 0 Å². The molecular weight excluding hydrogens is 671 g/mol. The van der Waals surface area contributed by atoms with E-state index < -0.39 is 0 Å². The van der Waals surface area contributed by atoms with Crippen LogP contribution in [0.25, 0.3) is 93.6 Å². The van der Waals surface area contributed by atoms with Gasteiger partial charge in [0.1, 0.15) is 6.07 Å². The standard InChI is InChI=1S/C50H29N5/c51-30-34-21-20-33(28-48(34)55-46-18-8-4-14-42(46)50-35(31-52)10-9-19-47(50)55)32-22-24-36(25-23-32)53-43-15-5-3-13-40(43)41-27-26-37(29-49(41)53)54-44-16-6-1-11-38(44)39-12-2-7-17-45(39)54/h1-29H. The molecular formula is C50H29N5. The summed E-state index contributed by atoms with van der Waals surface area (Å²) in [7, 11) is 0. The highest BCUT2D eigenvalue weighted by Gasteiger charge is 2.19. The van der Waals surface area contributed by atoms with Crippen LogP contribution in [0.2, 0.25) is 0 Å². The second-order valence-electron chi connectivity index (χ2n) is 14.0. The van der Waals surface area contributed by atoms with Crippen LogP contribution in [0, 0.1) is 22.7 Å². The highest BCUT2D eigenvalue weighted by molar-refractivity contribution is 6.13. The molecule has 3 aromatic heterocycles. The average Bonchev–Trinajstić information content (AvgIpc) is 3.89. The number of nitriles is 2. The number of fused-ring (bicyclic) bond motifs is 9. The number of hydrogen-bond acceptors (Lipinski definition) is 2. The first-order valence-corrected chi connectivity index (χ1v) is 18.3. The third-order valence-corrected chi connectivity index (χ3v) is 11.1. The average molecular weight is 700 g/mol. The fourth-order valence-electron chi connectivity index (χ4n) is 8.74. The summed E-state index contributed by atoms with van der Waals surface area (Å²) < 4.78 is 6.85. The summed E-state index contributed by atoms with van der Waals surface area (Å²) in [4.78, 5) is 0. The van der Waals surface area contributed by atoms with Crippen molar-refractivity contribution < 1.29 is 0 Å². The zero-order chi connectivity index (χ0) is 36.6. The van der Waals surface area contributed by atoms with E-state index in [1.807, 2.05) is 48.5 Å². The van der Waals surface area contributed by atoms with Crippen molar-refractivity contribution in [3.8, 4) is 40.3 Å². The van der Waals surface area contributed by atoms with E-state index in [2.05, 4.69) is 153 Å². The highest BCUT2D eigenvalue weighted by Crippen LogP contribution is 2.39. The van der Waals surface area contributed by atoms with Gasteiger partial charge in [-0.05, 0) is 83.9 Å². The van der Waals surface area contributed by atoms with Gasteiger partial charge < -0.3 is 13.7 Å². The third-order valence-electron chi connectivity index (χ3n) is 11.1. The molecule has 0 radical (unpaired) electrons. The van der Waals surface area contributed by atoms with Gasteiger partial charge in [-0.25, -0.2) is 0 Å². The molecule has 0 aliphatic heterocycles. The quantitative estimate of drug-likeness (QED) is 0.184. The molecule has 11 rings (SSSR count). The second kappa shape index (κ2) is 11.8. The molecule has 55 heavy (non-hydrogen) atoms. The minimum atomic E-state index is 0.565. The van der Waals surface area contributed by atoms with Crippen LogP contribution >= 0.6 is 0 Å². The molecule has 254 valence electrons. The Bertz CT molecular complexity index is 3400. The number of para-hydroxylation sites is 4. The van der Waals surface area contributed by atoms with Gasteiger partial charge in [0.05, 0.1) is 56.0 Å². The van der Waals surface area contributed by atoms with Crippen LogP contribution in [0.3, 0.4) is 0 Å². The Hall–Kier alpha value is -7.86. The maximum absolute atomic E-state index is 10.3. The third kappa shape index (κ3) is 4.45. The van der Waals surface area contributed by atoms with Gasteiger partial charge in [-0.2, -0.15) is 10.5 Å². The molecule has 0 unspecified atom stereocenters. The lowest BCUT2D eigenvalue weighted by molar-refractivity contribution is 1.15. The number of benzene rings is 8. The van der Waals surface area contributed by atoms with Crippen molar-refractivity contribution in [3.63, 3.8) is 0 Å². The maximum atomic E-state index is 10.3. The van der Waals surface area contributed by atoms with Crippen LogP contribution in [0.5, 0.6) is 0 Å². The molecule has 0 bridgehead atoms. The van der Waals surface area contributed by atoms with Gasteiger partial charge in [0.25, 0.3) is 0 Å². The molecule has 5 nitrogen and oxygen atoms in total. The summed E-state index contributed by atoms with van der Waals surface area (Å²) in [6.45, 7) is 0. The van der Waals surface area contributed by atoms with Gasteiger partial charge in [0.2, 0.25) is 0 Å². The zero-order valence-corrected chi connectivity index (χ0v) is 29.5. The van der Waals surface area contributed by atoms with Gasteiger partial charge in [-0.3, -0.25) is 0 Å².